The predicted octanol–water partition coefficient (Wildman–Crippen LogP) is 3.46. The van der Waals surface area contributed by atoms with Crippen LogP contribution in [0, 0.1) is 17.8 Å². The molecule has 0 aliphatic heterocycles. The second kappa shape index (κ2) is 3.76. The van der Waals surface area contributed by atoms with E-state index in [0.29, 0.717) is 11.7 Å². The highest BCUT2D eigenvalue weighted by Gasteiger charge is 2.43. The van der Waals surface area contributed by atoms with Gasteiger partial charge in [-0.2, -0.15) is 0 Å². The molecule has 3 atom stereocenters. The molecule has 3 rings (SSSR count). The van der Waals surface area contributed by atoms with Crippen molar-refractivity contribution >= 4 is 5.78 Å². The molecule has 2 saturated carbocycles. The van der Waals surface area contributed by atoms with E-state index in [1.54, 1.807) is 0 Å². The quantitative estimate of drug-likeness (QED) is 0.727. The van der Waals surface area contributed by atoms with Gasteiger partial charge in [-0.1, -0.05) is 13.3 Å². The lowest BCUT2D eigenvalue weighted by atomic mass is 9.85. The zero-order chi connectivity index (χ0) is 11.1. The summed E-state index contributed by atoms with van der Waals surface area (Å²) in [5, 5.41) is 0. The molecule has 0 aromatic carbocycles. The average molecular weight is 218 g/mol. The van der Waals surface area contributed by atoms with E-state index >= 15 is 0 Å². The zero-order valence-corrected chi connectivity index (χ0v) is 9.74. The van der Waals surface area contributed by atoms with Crippen LogP contribution in [0.4, 0.5) is 0 Å². The van der Waals surface area contributed by atoms with Crippen LogP contribution < -0.4 is 0 Å². The van der Waals surface area contributed by atoms with Gasteiger partial charge in [0.1, 0.15) is 5.76 Å². The Kier molecular flexibility index (Phi) is 2.38. The highest BCUT2D eigenvalue weighted by molar-refractivity contribution is 5.95. The highest BCUT2D eigenvalue weighted by atomic mass is 16.3. The van der Waals surface area contributed by atoms with E-state index in [1.807, 2.05) is 19.1 Å². The molecule has 2 nitrogen and oxygen atoms in total. The Morgan fingerprint density at radius 2 is 2.25 bits per heavy atom. The normalized spacial score (nSPS) is 32.2. The zero-order valence-electron chi connectivity index (χ0n) is 9.74. The molecule has 16 heavy (non-hydrogen) atoms. The van der Waals surface area contributed by atoms with E-state index in [4.69, 9.17) is 4.42 Å². The lowest BCUT2D eigenvalue weighted by Crippen LogP contribution is -2.20. The molecule has 1 aromatic heterocycles. The molecule has 86 valence electrons. The number of carbonyl (C=O) groups is 1. The number of Topliss-reactive ketones (excluding diaryl/α,β-unsaturated/α-hetero) is 1. The van der Waals surface area contributed by atoms with Gasteiger partial charge < -0.3 is 4.42 Å². The maximum absolute atomic E-state index is 12.3. The summed E-state index contributed by atoms with van der Waals surface area (Å²) in [5.74, 6) is 3.50. The maximum Gasteiger partial charge on any atom is 0.201 e. The Morgan fingerprint density at radius 3 is 2.81 bits per heavy atom. The first-order chi connectivity index (χ1) is 7.78. The summed E-state index contributed by atoms with van der Waals surface area (Å²) in [6.07, 6.45) is 5.84. The van der Waals surface area contributed by atoms with Crippen LogP contribution in [0.15, 0.2) is 16.5 Å². The van der Waals surface area contributed by atoms with Gasteiger partial charge in [0, 0.05) is 12.3 Å². The number of carbonyl (C=O) groups excluding carboxylic acids is 1. The molecule has 0 radical (unpaired) electrons. The molecule has 0 N–H and O–H groups in total. The Hall–Kier alpha value is -1.05. The lowest BCUT2D eigenvalue weighted by Gasteiger charge is -2.18. The standard InChI is InChI=1S/C14H18O2/c1-2-11-5-6-13(16-11)14(15)12-8-9-3-4-10(12)7-9/h5-6,9-10,12H,2-4,7-8H2,1H3. The summed E-state index contributed by atoms with van der Waals surface area (Å²) < 4.78 is 5.57. The van der Waals surface area contributed by atoms with Gasteiger partial charge in [-0.15, -0.1) is 0 Å². The van der Waals surface area contributed by atoms with Crippen molar-refractivity contribution in [2.75, 3.05) is 0 Å². The van der Waals surface area contributed by atoms with Crippen LogP contribution >= 0.6 is 0 Å². The average Bonchev–Trinajstić information content (AvgIpc) is 3.03. The first-order valence-corrected chi connectivity index (χ1v) is 6.41. The van der Waals surface area contributed by atoms with Gasteiger partial charge in [-0.05, 0) is 43.2 Å². The number of furan rings is 1. The molecule has 0 amide bonds. The van der Waals surface area contributed by atoms with Crippen molar-refractivity contribution < 1.29 is 9.21 Å². The van der Waals surface area contributed by atoms with Gasteiger partial charge in [0.2, 0.25) is 5.78 Å². The number of rotatable bonds is 3. The minimum Gasteiger partial charge on any atom is -0.458 e. The summed E-state index contributed by atoms with van der Waals surface area (Å²) in [4.78, 5) is 12.3. The molecular formula is C14H18O2. The molecule has 2 aliphatic carbocycles. The Balaban J connectivity index is 1.77. The number of aryl methyl sites for hydroxylation is 1. The van der Waals surface area contributed by atoms with E-state index in [1.165, 1.54) is 19.3 Å². The summed E-state index contributed by atoms with van der Waals surface area (Å²) >= 11 is 0. The topological polar surface area (TPSA) is 30.2 Å². The van der Waals surface area contributed by atoms with Crippen LogP contribution in [0.5, 0.6) is 0 Å². The van der Waals surface area contributed by atoms with Crippen LogP contribution in [0.25, 0.3) is 0 Å². The molecule has 0 spiro atoms. The van der Waals surface area contributed by atoms with E-state index in [-0.39, 0.29) is 11.7 Å². The SMILES string of the molecule is CCc1ccc(C(=O)C2CC3CCC2C3)o1. The van der Waals surface area contributed by atoms with E-state index in [2.05, 4.69) is 0 Å². The number of ketones is 1. The molecule has 1 aromatic rings. The second-order valence-corrected chi connectivity index (χ2v) is 5.27. The number of hydrogen-bond acceptors (Lipinski definition) is 2. The Morgan fingerprint density at radius 1 is 1.38 bits per heavy atom. The van der Waals surface area contributed by atoms with Crippen molar-refractivity contribution in [1.29, 1.82) is 0 Å². The van der Waals surface area contributed by atoms with Crippen LogP contribution in [0.1, 0.15) is 48.9 Å². The van der Waals surface area contributed by atoms with Crippen molar-refractivity contribution in [3.63, 3.8) is 0 Å². The second-order valence-electron chi connectivity index (χ2n) is 5.27. The monoisotopic (exact) mass is 218 g/mol. The lowest BCUT2D eigenvalue weighted by molar-refractivity contribution is 0.0844. The van der Waals surface area contributed by atoms with Gasteiger partial charge in [0.05, 0.1) is 0 Å². The fourth-order valence-corrected chi connectivity index (χ4v) is 3.45. The highest BCUT2D eigenvalue weighted by Crippen LogP contribution is 2.49. The van der Waals surface area contributed by atoms with E-state index < -0.39 is 0 Å². The smallest absolute Gasteiger partial charge is 0.201 e. The number of hydrogen-bond donors (Lipinski definition) is 0. The van der Waals surface area contributed by atoms with E-state index in [0.717, 1.165) is 24.5 Å². The van der Waals surface area contributed by atoms with E-state index in [9.17, 15) is 4.79 Å². The largest absolute Gasteiger partial charge is 0.458 e. The van der Waals surface area contributed by atoms with Gasteiger partial charge in [-0.3, -0.25) is 4.79 Å². The minimum absolute atomic E-state index is 0.256. The van der Waals surface area contributed by atoms with Crippen LogP contribution in [0.3, 0.4) is 0 Å². The predicted molar refractivity (Wildman–Crippen MR) is 61.4 cm³/mol. The Labute approximate surface area is 96.0 Å². The fourth-order valence-electron chi connectivity index (χ4n) is 3.45. The van der Waals surface area contributed by atoms with Gasteiger partial charge >= 0.3 is 0 Å². The van der Waals surface area contributed by atoms with Gasteiger partial charge in [-0.25, -0.2) is 0 Å². The van der Waals surface area contributed by atoms with Crippen LogP contribution in [-0.2, 0) is 6.42 Å². The van der Waals surface area contributed by atoms with Crippen molar-refractivity contribution in [3.8, 4) is 0 Å². The van der Waals surface area contributed by atoms with Gasteiger partial charge in [0.15, 0.2) is 5.76 Å². The Bertz CT molecular complexity index is 405. The van der Waals surface area contributed by atoms with Crippen LogP contribution in [-0.4, -0.2) is 5.78 Å². The third kappa shape index (κ3) is 1.51. The maximum atomic E-state index is 12.3. The third-order valence-electron chi connectivity index (χ3n) is 4.33. The molecule has 0 saturated heterocycles. The van der Waals surface area contributed by atoms with Crippen molar-refractivity contribution in [1.82, 2.24) is 0 Å². The summed E-state index contributed by atoms with van der Waals surface area (Å²) in [7, 11) is 0. The van der Waals surface area contributed by atoms with Crippen molar-refractivity contribution in [2.45, 2.75) is 39.0 Å². The summed E-state index contributed by atoms with van der Waals surface area (Å²) in [5.41, 5.74) is 0. The van der Waals surface area contributed by atoms with Gasteiger partial charge in [0.25, 0.3) is 0 Å². The summed E-state index contributed by atoms with van der Waals surface area (Å²) in [6, 6.07) is 3.79. The first-order valence-electron chi connectivity index (χ1n) is 6.41. The third-order valence-corrected chi connectivity index (χ3v) is 4.33. The first kappa shape index (κ1) is 10.1. The molecule has 2 heteroatoms. The molecule has 2 aliphatic rings. The molecule has 2 fully saturated rings. The molecule has 2 bridgehead atoms. The summed E-state index contributed by atoms with van der Waals surface area (Å²) in [6.45, 7) is 2.05. The number of fused-ring (bicyclic) bond motifs is 2. The van der Waals surface area contributed by atoms with Crippen LogP contribution in [0.2, 0.25) is 0 Å². The molecule has 1 heterocycles. The minimum atomic E-state index is 0.256. The van der Waals surface area contributed by atoms with Crippen molar-refractivity contribution in [2.24, 2.45) is 17.8 Å². The molecular weight excluding hydrogens is 200 g/mol. The fraction of sp³-hybridized carbons (Fsp3) is 0.643. The molecule has 3 unspecified atom stereocenters. The van der Waals surface area contributed by atoms with Crippen molar-refractivity contribution in [3.05, 3.63) is 23.7 Å².